The number of esters is 1. The highest BCUT2D eigenvalue weighted by atomic mass is 32.2. The highest BCUT2D eigenvalue weighted by Crippen LogP contribution is 2.26. The zero-order valence-electron chi connectivity index (χ0n) is 23.5. The predicted molar refractivity (Wildman–Crippen MR) is 152 cm³/mol. The standard InChI is InChI=1S/C29H30F2N4O6S/c1-19-23(32-14-13-25(19)41-18-29(2,30)31)17-42(38)27-33-22-7-5-6-8-24(22)35(27)28(37)34(3)15-16-40-26(36)20-9-11-21(39-4)12-10-20/h5-14H,15-18H2,1-4H3/t42-/m1/s1. The smallest absolute Gasteiger partial charge is 0.338 e. The van der Waals surface area contributed by atoms with Crippen LogP contribution in [-0.2, 0) is 21.3 Å². The zero-order chi connectivity index (χ0) is 30.4. The lowest BCUT2D eigenvalue weighted by atomic mass is 10.2. The maximum absolute atomic E-state index is 13.6. The number of likely N-dealkylation sites (N-methyl/N-ethyl adjacent to an activating group) is 1. The SMILES string of the molecule is COc1ccc(C(=O)OCCN(C)C(=O)n2c([S@](=O)Cc3nccc(OCC(C)(F)F)c3C)nc3ccccc32)cc1. The molecule has 2 heterocycles. The lowest BCUT2D eigenvalue weighted by Gasteiger charge is -2.19. The first-order chi connectivity index (χ1) is 20.0. The molecule has 0 saturated carbocycles. The number of alkyl halides is 2. The number of hydrogen-bond donors (Lipinski definition) is 0. The Morgan fingerprint density at radius 2 is 1.81 bits per heavy atom. The topological polar surface area (TPSA) is 113 Å². The molecule has 0 bridgehead atoms. The number of fused-ring (bicyclic) bond motifs is 1. The Bertz CT molecular complexity index is 1600. The second-order valence-electron chi connectivity index (χ2n) is 9.52. The Kier molecular flexibility index (Phi) is 9.51. The molecule has 1 atom stereocenters. The number of hydrogen-bond acceptors (Lipinski definition) is 8. The summed E-state index contributed by atoms with van der Waals surface area (Å²) >= 11 is 0. The molecule has 1 amide bonds. The summed E-state index contributed by atoms with van der Waals surface area (Å²) in [4.78, 5) is 36.0. The van der Waals surface area contributed by atoms with Gasteiger partial charge in [-0.15, -0.1) is 0 Å². The van der Waals surface area contributed by atoms with Crippen LogP contribution in [0.25, 0.3) is 11.0 Å². The second kappa shape index (κ2) is 13.1. The number of imidazole rings is 1. The molecule has 0 aliphatic carbocycles. The van der Waals surface area contributed by atoms with Crippen LogP contribution in [0, 0.1) is 6.92 Å². The third-order valence-electron chi connectivity index (χ3n) is 6.24. The summed E-state index contributed by atoms with van der Waals surface area (Å²) in [6.07, 6.45) is 1.39. The second-order valence-corrected chi connectivity index (χ2v) is 10.9. The minimum atomic E-state index is -3.02. The molecule has 4 rings (SSSR count). The molecule has 222 valence electrons. The number of methoxy groups -OCH3 is 1. The Balaban J connectivity index is 1.50. The molecule has 0 fully saturated rings. The molecular weight excluding hydrogens is 570 g/mol. The number of pyridine rings is 1. The molecule has 0 aliphatic heterocycles. The van der Waals surface area contributed by atoms with Gasteiger partial charge in [0, 0.05) is 25.7 Å². The maximum atomic E-state index is 13.6. The van der Waals surface area contributed by atoms with Crippen LogP contribution in [0.5, 0.6) is 11.5 Å². The highest BCUT2D eigenvalue weighted by Gasteiger charge is 2.26. The summed E-state index contributed by atoms with van der Waals surface area (Å²) < 4.78 is 57.1. The summed E-state index contributed by atoms with van der Waals surface area (Å²) in [7, 11) is 1.20. The van der Waals surface area contributed by atoms with Crippen LogP contribution in [0.1, 0.15) is 28.5 Å². The van der Waals surface area contributed by atoms with E-state index in [9.17, 15) is 22.6 Å². The van der Waals surface area contributed by atoms with Gasteiger partial charge in [-0.05, 0) is 49.4 Å². The summed E-state index contributed by atoms with van der Waals surface area (Å²) in [5.74, 6) is -2.90. The van der Waals surface area contributed by atoms with Crippen molar-refractivity contribution in [2.75, 3.05) is 33.9 Å². The van der Waals surface area contributed by atoms with Gasteiger partial charge in [0.15, 0.2) is 6.61 Å². The van der Waals surface area contributed by atoms with E-state index in [1.54, 1.807) is 55.5 Å². The third kappa shape index (κ3) is 7.27. The van der Waals surface area contributed by atoms with Gasteiger partial charge in [0.1, 0.15) is 18.1 Å². The van der Waals surface area contributed by atoms with E-state index in [1.807, 2.05) is 0 Å². The molecule has 0 aliphatic rings. The molecule has 42 heavy (non-hydrogen) atoms. The van der Waals surface area contributed by atoms with Crippen molar-refractivity contribution in [2.24, 2.45) is 0 Å². The number of benzene rings is 2. The van der Waals surface area contributed by atoms with Gasteiger partial charge in [-0.3, -0.25) is 9.19 Å². The minimum absolute atomic E-state index is 0.00381. The molecule has 0 N–H and O–H groups in total. The number of amides is 1. The first-order valence-electron chi connectivity index (χ1n) is 12.9. The Hall–Kier alpha value is -4.39. The van der Waals surface area contributed by atoms with E-state index in [-0.39, 0.29) is 29.8 Å². The van der Waals surface area contributed by atoms with Gasteiger partial charge >= 0.3 is 12.0 Å². The van der Waals surface area contributed by atoms with E-state index >= 15 is 0 Å². The van der Waals surface area contributed by atoms with Crippen molar-refractivity contribution in [2.45, 2.75) is 30.7 Å². The van der Waals surface area contributed by atoms with Gasteiger partial charge < -0.3 is 19.1 Å². The number of carbonyl (C=O) groups excluding carboxylic acids is 2. The van der Waals surface area contributed by atoms with Gasteiger partial charge in [0.2, 0.25) is 5.16 Å². The summed E-state index contributed by atoms with van der Waals surface area (Å²) in [6.45, 7) is 1.56. The maximum Gasteiger partial charge on any atom is 0.338 e. The quantitative estimate of drug-likeness (QED) is 0.225. The fourth-order valence-corrected chi connectivity index (χ4v) is 5.20. The highest BCUT2D eigenvalue weighted by molar-refractivity contribution is 7.84. The number of ether oxygens (including phenoxy) is 3. The first kappa shape index (κ1) is 30.6. The molecule has 13 heteroatoms. The average molecular weight is 601 g/mol. The van der Waals surface area contributed by atoms with E-state index < -0.39 is 35.3 Å². The van der Waals surface area contributed by atoms with Crippen molar-refractivity contribution >= 4 is 33.8 Å². The summed E-state index contributed by atoms with van der Waals surface area (Å²) in [5.41, 5.74) is 2.06. The third-order valence-corrected chi connectivity index (χ3v) is 7.46. The first-order valence-corrected chi connectivity index (χ1v) is 14.2. The number of aromatic nitrogens is 3. The Labute approximate surface area is 243 Å². The molecule has 0 unspecified atom stereocenters. The van der Waals surface area contributed by atoms with Gasteiger partial charge in [-0.2, -0.15) is 0 Å². The van der Waals surface area contributed by atoms with Gasteiger partial charge in [0.25, 0.3) is 5.92 Å². The molecule has 2 aromatic carbocycles. The number of rotatable bonds is 11. The van der Waals surface area contributed by atoms with Gasteiger partial charge in [-0.1, -0.05) is 12.1 Å². The molecule has 0 spiro atoms. The zero-order valence-corrected chi connectivity index (χ0v) is 24.3. The number of para-hydroxylation sites is 2. The number of carbonyl (C=O) groups is 2. The van der Waals surface area contributed by atoms with E-state index in [1.165, 1.54) is 35.9 Å². The monoisotopic (exact) mass is 600 g/mol. The minimum Gasteiger partial charge on any atom is -0.497 e. The van der Waals surface area contributed by atoms with E-state index in [4.69, 9.17) is 14.2 Å². The van der Waals surface area contributed by atoms with E-state index in [0.717, 1.165) is 6.92 Å². The molecular formula is C29H30F2N4O6S. The van der Waals surface area contributed by atoms with Gasteiger partial charge in [-0.25, -0.2) is 27.9 Å². The van der Waals surface area contributed by atoms with Crippen LogP contribution in [0.4, 0.5) is 13.6 Å². The summed E-state index contributed by atoms with van der Waals surface area (Å²) in [5, 5.41) is -0.00381. The molecule has 0 saturated heterocycles. The lowest BCUT2D eigenvalue weighted by molar-refractivity contribution is -0.0231. The molecule has 0 radical (unpaired) electrons. The normalized spacial score (nSPS) is 12.1. The van der Waals surface area contributed by atoms with Crippen molar-refractivity contribution in [3.05, 3.63) is 77.6 Å². The number of nitrogens with zero attached hydrogens (tertiary/aromatic N) is 4. The molecule has 2 aromatic heterocycles. The van der Waals surface area contributed by atoms with Crippen molar-refractivity contribution in [1.82, 2.24) is 19.4 Å². The fraction of sp³-hybridized carbons (Fsp3) is 0.310. The van der Waals surface area contributed by atoms with Crippen LogP contribution >= 0.6 is 0 Å². The van der Waals surface area contributed by atoms with Crippen LogP contribution in [0.15, 0.2) is 66.0 Å². The predicted octanol–water partition coefficient (Wildman–Crippen LogP) is 4.85. The Morgan fingerprint density at radius 1 is 1.10 bits per heavy atom. The van der Waals surface area contributed by atoms with E-state index in [0.29, 0.717) is 33.6 Å². The summed E-state index contributed by atoms with van der Waals surface area (Å²) in [6, 6.07) is 14.2. The van der Waals surface area contributed by atoms with Crippen molar-refractivity contribution in [3.63, 3.8) is 0 Å². The number of halogens is 2. The van der Waals surface area contributed by atoms with Gasteiger partial charge in [0.05, 0.1) is 52.5 Å². The van der Waals surface area contributed by atoms with E-state index in [2.05, 4.69) is 9.97 Å². The average Bonchev–Trinajstić information content (AvgIpc) is 3.36. The van der Waals surface area contributed by atoms with Crippen LogP contribution in [-0.4, -0.2) is 75.5 Å². The lowest BCUT2D eigenvalue weighted by Crippen LogP contribution is -2.35. The molecule has 10 nitrogen and oxygen atoms in total. The van der Waals surface area contributed by atoms with Crippen LogP contribution < -0.4 is 9.47 Å². The van der Waals surface area contributed by atoms with Crippen molar-refractivity contribution in [3.8, 4) is 11.5 Å². The van der Waals surface area contributed by atoms with Crippen molar-refractivity contribution < 1.29 is 36.8 Å². The Morgan fingerprint density at radius 3 is 2.50 bits per heavy atom. The fourth-order valence-electron chi connectivity index (χ4n) is 3.95. The van der Waals surface area contributed by atoms with Crippen LogP contribution in [0.2, 0.25) is 0 Å². The van der Waals surface area contributed by atoms with Crippen molar-refractivity contribution in [1.29, 1.82) is 0 Å². The largest absolute Gasteiger partial charge is 0.497 e. The molecule has 4 aromatic rings. The van der Waals surface area contributed by atoms with Crippen LogP contribution in [0.3, 0.4) is 0 Å².